The molecule has 3 aliphatic heterocycles. The Balaban J connectivity index is 1.12. The lowest BCUT2D eigenvalue weighted by atomic mass is 9.82. The average molecular weight is 644 g/mol. The van der Waals surface area contributed by atoms with Crippen LogP contribution in [-0.4, -0.2) is 76.8 Å². The molecule has 8 nitrogen and oxygen atoms in total. The summed E-state index contributed by atoms with van der Waals surface area (Å²) in [6.45, 7) is 12.4. The number of nitrogens with zero attached hydrogens (tertiary/aromatic N) is 1. The van der Waals surface area contributed by atoms with Crippen LogP contribution < -0.4 is 20.3 Å². The minimum absolute atomic E-state index is 0.149. The van der Waals surface area contributed by atoms with Gasteiger partial charge in [-0.3, -0.25) is 4.79 Å². The van der Waals surface area contributed by atoms with Crippen LogP contribution in [-0.2, 0) is 25.6 Å². The third kappa shape index (κ3) is 9.25. The van der Waals surface area contributed by atoms with Gasteiger partial charge in [-0.2, -0.15) is 0 Å². The van der Waals surface area contributed by atoms with Crippen LogP contribution in [0.2, 0.25) is 0 Å². The van der Waals surface area contributed by atoms with Crippen molar-refractivity contribution in [1.82, 2.24) is 10.6 Å². The molecule has 2 saturated heterocycles. The third-order valence-corrected chi connectivity index (χ3v) is 10.3. The van der Waals surface area contributed by atoms with Crippen LogP contribution in [0.4, 0.5) is 5.69 Å². The number of piperidine rings is 1. The summed E-state index contributed by atoms with van der Waals surface area (Å²) in [5, 5.41) is 7.66. The number of ether oxygens (including phenoxy) is 4. The number of carbonyl (C=O) groups excluding carboxylic acids is 1. The zero-order chi connectivity index (χ0) is 31.9. The minimum Gasteiger partial charge on any atom is -0.483 e. The Hall–Kier alpha value is -2.10. The van der Waals surface area contributed by atoms with Gasteiger partial charge in [-0.05, 0) is 81.6 Å². The highest BCUT2D eigenvalue weighted by molar-refractivity contribution is 6.31. The molecule has 0 saturated carbocycles. The van der Waals surface area contributed by atoms with E-state index in [9.17, 15) is 4.79 Å². The Morgan fingerprint density at radius 1 is 1.22 bits per heavy atom. The van der Waals surface area contributed by atoms with Crippen molar-refractivity contribution in [2.45, 2.75) is 90.1 Å². The van der Waals surface area contributed by atoms with Gasteiger partial charge >= 0.3 is 0 Å². The maximum absolute atomic E-state index is 13.0. The van der Waals surface area contributed by atoms with Crippen molar-refractivity contribution in [3.8, 4) is 5.75 Å². The van der Waals surface area contributed by atoms with Crippen molar-refractivity contribution < 1.29 is 23.7 Å². The molecular formula is C36H54ClN3O5. The lowest BCUT2D eigenvalue weighted by Gasteiger charge is -2.46. The molecule has 250 valence electrons. The molecule has 0 aromatic heterocycles. The maximum Gasteiger partial charge on any atom is 0.225 e. The number of benzene rings is 1. The van der Waals surface area contributed by atoms with Crippen LogP contribution in [0, 0.1) is 17.3 Å². The predicted molar refractivity (Wildman–Crippen MR) is 180 cm³/mol. The van der Waals surface area contributed by atoms with E-state index in [0.29, 0.717) is 18.6 Å². The van der Waals surface area contributed by atoms with Gasteiger partial charge in [0.05, 0.1) is 24.9 Å². The smallest absolute Gasteiger partial charge is 0.225 e. The summed E-state index contributed by atoms with van der Waals surface area (Å²) in [5.74, 6) is 1.79. The molecule has 9 heteroatoms. The monoisotopic (exact) mass is 643 g/mol. The standard InChI is InChI=1S/C36H54ClN3O5/c1-35(2,34(41)39-22-26-13-17-43-18-14-26)21-30-10-11-31(23-38-30)44-24-27-9-12-33-32(19-27)40(15-6-16-42-4)25-36(3,45-33)28-7-5-8-29(37)20-28/h5,8-9,12,19-20,26,28,30-31,38H,6-7,10-11,13-18,21-25H2,1-4H3,(H,39,41)/t28?,30-,31+,36+/m0/s1. The largest absolute Gasteiger partial charge is 0.483 e. The highest BCUT2D eigenvalue weighted by Gasteiger charge is 2.42. The number of carbonyl (C=O) groups is 1. The van der Waals surface area contributed by atoms with Gasteiger partial charge in [0.15, 0.2) is 0 Å². The van der Waals surface area contributed by atoms with Crippen molar-refractivity contribution in [2.24, 2.45) is 17.3 Å². The molecule has 45 heavy (non-hydrogen) atoms. The highest BCUT2D eigenvalue weighted by atomic mass is 35.5. The normalized spacial score (nSPS) is 27.4. The fraction of sp³-hybridized carbons (Fsp3) is 0.694. The van der Waals surface area contributed by atoms with Crippen molar-refractivity contribution in [1.29, 1.82) is 0 Å². The third-order valence-electron chi connectivity index (χ3n) is 10.0. The van der Waals surface area contributed by atoms with Gasteiger partial charge in [0.1, 0.15) is 11.4 Å². The number of hydrogen-bond acceptors (Lipinski definition) is 7. The van der Waals surface area contributed by atoms with Crippen LogP contribution in [0.25, 0.3) is 0 Å². The first-order chi connectivity index (χ1) is 21.6. The van der Waals surface area contributed by atoms with Crippen molar-refractivity contribution >= 4 is 23.2 Å². The predicted octanol–water partition coefficient (Wildman–Crippen LogP) is 5.98. The molecule has 2 fully saturated rings. The molecule has 1 unspecified atom stereocenters. The van der Waals surface area contributed by atoms with E-state index in [-0.39, 0.29) is 23.5 Å². The molecule has 1 aromatic rings. The molecule has 0 bridgehead atoms. The number of allylic oxidation sites excluding steroid dienone is 3. The minimum atomic E-state index is -0.414. The van der Waals surface area contributed by atoms with Crippen molar-refractivity contribution in [3.63, 3.8) is 0 Å². The van der Waals surface area contributed by atoms with E-state index >= 15 is 0 Å². The van der Waals surface area contributed by atoms with Gasteiger partial charge in [-0.25, -0.2) is 0 Å². The molecule has 5 rings (SSSR count). The quantitative estimate of drug-likeness (QED) is 0.256. The summed E-state index contributed by atoms with van der Waals surface area (Å²) in [6, 6.07) is 6.77. The van der Waals surface area contributed by atoms with Crippen LogP contribution >= 0.6 is 11.6 Å². The number of anilines is 1. The first-order valence-corrected chi connectivity index (χ1v) is 17.3. The van der Waals surface area contributed by atoms with Crippen molar-refractivity contribution in [2.75, 3.05) is 58.0 Å². The summed E-state index contributed by atoms with van der Waals surface area (Å²) >= 11 is 6.39. The molecule has 3 heterocycles. The Kier molecular flexibility index (Phi) is 11.9. The maximum atomic E-state index is 13.0. The first kappa shape index (κ1) is 34.2. The second kappa shape index (κ2) is 15.7. The number of nitrogens with one attached hydrogen (secondary N) is 2. The van der Waals surface area contributed by atoms with Crippen molar-refractivity contribution in [3.05, 3.63) is 47.0 Å². The van der Waals surface area contributed by atoms with Gasteiger partial charge < -0.3 is 34.5 Å². The van der Waals surface area contributed by atoms with Gasteiger partial charge in [0.25, 0.3) is 0 Å². The lowest BCUT2D eigenvalue weighted by molar-refractivity contribution is -0.130. The van der Waals surface area contributed by atoms with E-state index < -0.39 is 5.41 Å². The SMILES string of the molecule is COCCCN1C[C@](C)(C2C=C(Cl)C=CC2)Oc2ccc(CO[C@@H]3CC[C@@H](CC(C)(C)C(=O)NCC4CCOCC4)NC3)cc21. The topological polar surface area (TPSA) is 81.3 Å². The zero-order valence-corrected chi connectivity index (χ0v) is 28.5. The highest BCUT2D eigenvalue weighted by Crippen LogP contribution is 2.43. The van der Waals surface area contributed by atoms with E-state index in [4.69, 9.17) is 30.5 Å². The molecule has 4 aliphatic rings. The molecule has 1 aromatic carbocycles. The van der Waals surface area contributed by atoms with Gasteiger partial charge in [0, 0.05) is 69.0 Å². The molecular weight excluding hydrogens is 590 g/mol. The number of halogens is 1. The number of rotatable bonds is 13. The van der Waals surface area contributed by atoms with Gasteiger partial charge in [-0.1, -0.05) is 43.7 Å². The lowest BCUT2D eigenvalue weighted by Crippen LogP contribution is -2.53. The molecule has 2 N–H and O–H groups in total. The number of hydrogen-bond donors (Lipinski definition) is 2. The van der Waals surface area contributed by atoms with E-state index in [1.807, 2.05) is 6.08 Å². The Bertz CT molecular complexity index is 1190. The number of amides is 1. The average Bonchev–Trinajstić information content (AvgIpc) is 3.04. The van der Waals surface area contributed by atoms with E-state index in [1.165, 1.54) is 0 Å². The number of fused-ring (bicyclic) bond motifs is 1. The van der Waals surface area contributed by atoms with E-state index in [1.54, 1.807) is 7.11 Å². The first-order valence-electron chi connectivity index (χ1n) is 17.0. The molecule has 0 spiro atoms. The summed E-state index contributed by atoms with van der Waals surface area (Å²) in [4.78, 5) is 15.4. The summed E-state index contributed by atoms with van der Waals surface area (Å²) in [5.41, 5.74) is 1.47. The summed E-state index contributed by atoms with van der Waals surface area (Å²) in [7, 11) is 1.75. The second-order valence-corrected chi connectivity index (χ2v) is 14.7. The fourth-order valence-corrected chi connectivity index (χ4v) is 7.39. The molecule has 4 atom stereocenters. The Morgan fingerprint density at radius 3 is 2.78 bits per heavy atom. The van der Waals surface area contributed by atoms with Crippen LogP contribution in [0.1, 0.15) is 71.3 Å². The fourth-order valence-electron chi connectivity index (χ4n) is 7.15. The molecule has 0 radical (unpaired) electrons. The van der Waals surface area contributed by atoms with Crippen LogP contribution in [0.15, 0.2) is 41.5 Å². The van der Waals surface area contributed by atoms with Crippen LogP contribution in [0.5, 0.6) is 5.75 Å². The Morgan fingerprint density at radius 2 is 2.04 bits per heavy atom. The number of methoxy groups -OCH3 is 1. The summed E-state index contributed by atoms with van der Waals surface area (Å²) in [6.07, 6.45) is 13.1. The van der Waals surface area contributed by atoms with Crippen LogP contribution in [0.3, 0.4) is 0 Å². The van der Waals surface area contributed by atoms with Gasteiger partial charge in [-0.15, -0.1) is 0 Å². The molecule has 1 aliphatic carbocycles. The Labute approximate surface area is 275 Å². The summed E-state index contributed by atoms with van der Waals surface area (Å²) < 4.78 is 23.9. The van der Waals surface area contributed by atoms with Gasteiger partial charge in [0.2, 0.25) is 5.91 Å². The second-order valence-electron chi connectivity index (χ2n) is 14.3. The zero-order valence-electron chi connectivity index (χ0n) is 27.7. The molecule has 1 amide bonds. The van der Waals surface area contributed by atoms with E-state index in [0.717, 1.165) is 113 Å². The van der Waals surface area contributed by atoms with E-state index in [2.05, 4.69) is 66.7 Å².